The van der Waals surface area contributed by atoms with Crippen molar-refractivity contribution >= 4 is 85.8 Å². The zero-order valence-corrected chi connectivity index (χ0v) is 50.4. The van der Waals surface area contributed by atoms with Crippen molar-refractivity contribution < 1.29 is 58.6 Å². The largest absolute Gasteiger partial charge is 0.507 e. The van der Waals surface area contributed by atoms with Gasteiger partial charge in [-0.15, -0.1) is 0 Å². The minimum absolute atomic E-state index is 0.0177. The number of phenols is 2. The summed E-state index contributed by atoms with van der Waals surface area (Å²) in [6, 6.07) is 5.17. The Labute approximate surface area is 486 Å². The van der Waals surface area contributed by atoms with Crippen molar-refractivity contribution in [3.63, 3.8) is 0 Å². The van der Waals surface area contributed by atoms with E-state index in [-0.39, 0.29) is 61.6 Å². The van der Waals surface area contributed by atoms with Gasteiger partial charge in [0.05, 0.1) is 34.8 Å². The van der Waals surface area contributed by atoms with E-state index in [9.17, 15) is 44.4 Å². The highest BCUT2D eigenvalue weighted by Crippen LogP contribution is 2.50. The summed E-state index contributed by atoms with van der Waals surface area (Å²) in [5.74, 6) is -7.74. The lowest BCUT2D eigenvalue weighted by molar-refractivity contribution is -0.162. The Morgan fingerprint density at radius 3 is 2.23 bits per heavy atom. The molecule has 0 saturated carbocycles. The van der Waals surface area contributed by atoms with Gasteiger partial charge in [-0.2, -0.15) is 0 Å². The number of aromatic hydroxyl groups is 2. The molecule has 80 heavy (non-hydrogen) atoms. The van der Waals surface area contributed by atoms with Crippen LogP contribution < -0.4 is 25.7 Å². The number of aliphatic hydroxyl groups is 2. The maximum Gasteiger partial charge on any atom is 0.315 e. The number of halogens is 2. The number of amides is 3. The highest BCUT2D eigenvalue weighted by Gasteiger charge is 2.50. The molecule has 18 nitrogen and oxygen atoms in total. The van der Waals surface area contributed by atoms with E-state index in [4.69, 9.17) is 35.8 Å². The SMILES string of the molecule is CC(=O)N(c1ccc(Cl)cc1C)C1CCN(C(=O)CC(=O)O[C@H]2[C@H](C)[C@H](O)[C@H](C)[C@@H](O)[C@@H](C)/C=C/C=C(/C)C(=O)Nc3c(O)c4c(O)c(C)c5c(c4c4c3=NC3(CCN(CC(C)C)CC3)N=4)C(=O)[C@@](C)(O/C=C/[C@H](I)[C@H]2C)O5)CC1. The van der Waals surface area contributed by atoms with Crippen LogP contribution in [0.15, 0.2) is 64.3 Å². The molecule has 432 valence electrons. The maximum absolute atomic E-state index is 15.0. The van der Waals surface area contributed by atoms with Gasteiger partial charge in [0.1, 0.15) is 35.1 Å². The van der Waals surface area contributed by atoms with Crippen molar-refractivity contribution in [3.8, 4) is 17.2 Å². The van der Waals surface area contributed by atoms with Crippen molar-refractivity contribution in [2.75, 3.05) is 42.9 Å². The van der Waals surface area contributed by atoms with E-state index in [0.29, 0.717) is 62.8 Å². The quantitative estimate of drug-likeness (QED) is 0.0497. The van der Waals surface area contributed by atoms with Crippen LogP contribution in [0.3, 0.4) is 0 Å². The molecule has 0 unspecified atom stereocenters. The number of fused-ring (bicyclic) bond motifs is 13. The summed E-state index contributed by atoms with van der Waals surface area (Å²) < 4.78 is 18.3. The van der Waals surface area contributed by atoms with Gasteiger partial charge in [-0.05, 0) is 69.4 Å². The molecule has 3 aromatic carbocycles. The summed E-state index contributed by atoms with van der Waals surface area (Å²) in [5.41, 5.74) is 0.904. The highest BCUT2D eigenvalue weighted by atomic mass is 127. The minimum atomic E-state index is -2.00. The first-order chi connectivity index (χ1) is 37.7. The van der Waals surface area contributed by atoms with Crippen molar-refractivity contribution in [3.05, 3.63) is 86.8 Å². The van der Waals surface area contributed by atoms with E-state index in [0.717, 1.165) is 17.8 Å². The topological polar surface area (TPSA) is 240 Å². The van der Waals surface area contributed by atoms with Crippen LogP contribution in [0.4, 0.5) is 11.4 Å². The smallest absolute Gasteiger partial charge is 0.315 e. The van der Waals surface area contributed by atoms with Crippen LogP contribution >= 0.6 is 34.2 Å². The number of aliphatic hydroxyl groups excluding tert-OH is 2. The number of aryl methyl sites for hydroxylation is 1. The van der Waals surface area contributed by atoms with E-state index >= 15 is 0 Å². The van der Waals surface area contributed by atoms with Crippen LogP contribution in [0, 0.1) is 43.4 Å². The van der Waals surface area contributed by atoms with E-state index in [1.54, 1.807) is 80.9 Å². The van der Waals surface area contributed by atoms with Gasteiger partial charge in [0.2, 0.25) is 11.8 Å². The van der Waals surface area contributed by atoms with Gasteiger partial charge < -0.3 is 54.7 Å². The number of carbonyl (C=O) groups excluding carboxylic acids is 5. The third kappa shape index (κ3) is 12.0. The molecule has 9 rings (SSSR count). The predicted octanol–water partition coefficient (Wildman–Crippen LogP) is 7.91. The highest BCUT2D eigenvalue weighted by molar-refractivity contribution is 14.1. The number of rotatable bonds is 7. The molecule has 3 amide bonds. The second-order valence-corrected chi connectivity index (χ2v) is 25.1. The molecular formula is C60H76ClIN6O12. The second-order valence-electron chi connectivity index (χ2n) is 23.2. The number of esters is 1. The number of hydrogen-bond acceptors (Lipinski definition) is 15. The van der Waals surface area contributed by atoms with Gasteiger partial charge in [0.25, 0.3) is 11.7 Å². The monoisotopic (exact) mass is 1230 g/mol. The maximum atomic E-state index is 15.0. The van der Waals surface area contributed by atoms with E-state index in [1.807, 2.05) is 19.9 Å². The van der Waals surface area contributed by atoms with Gasteiger partial charge in [-0.1, -0.05) is 94.0 Å². The fourth-order valence-corrected chi connectivity index (χ4v) is 12.8. The average Bonchev–Trinajstić information content (AvgIpc) is 3.80. The molecule has 9 atom stereocenters. The van der Waals surface area contributed by atoms with Crippen LogP contribution in [-0.4, -0.2) is 132 Å². The van der Waals surface area contributed by atoms with Gasteiger partial charge in [-0.3, -0.25) is 34.0 Å². The molecule has 5 bridgehead atoms. The Morgan fingerprint density at radius 1 is 0.925 bits per heavy atom. The number of Topliss-reactive ketones (excluding diaryl/α,β-unsaturated/α-hetero) is 1. The van der Waals surface area contributed by atoms with Crippen LogP contribution in [-0.2, 0) is 28.7 Å². The molecule has 5 N–H and O–H groups in total. The summed E-state index contributed by atoms with van der Waals surface area (Å²) in [4.78, 5) is 85.9. The first-order valence-corrected chi connectivity index (χ1v) is 29.3. The zero-order valence-electron chi connectivity index (χ0n) is 47.5. The van der Waals surface area contributed by atoms with Crippen molar-refractivity contribution in [2.24, 2.45) is 39.6 Å². The number of piperidine rings is 2. The zero-order chi connectivity index (χ0) is 58.4. The summed E-state index contributed by atoms with van der Waals surface area (Å²) in [6.07, 6.45) is 5.89. The molecule has 3 aromatic rings. The summed E-state index contributed by atoms with van der Waals surface area (Å²) in [5, 5.41) is 51.8. The van der Waals surface area contributed by atoms with Crippen molar-refractivity contribution in [1.82, 2.24) is 9.80 Å². The molecule has 0 aliphatic carbocycles. The fourth-order valence-electron chi connectivity index (χ4n) is 12.0. The number of ether oxygens (including phenoxy) is 3. The number of ketones is 1. The average molecular weight is 1240 g/mol. The lowest BCUT2D eigenvalue weighted by atomic mass is 9.79. The van der Waals surface area contributed by atoms with Gasteiger partial charge in [0, 0.05) is 120 Å². The summed E-state index contributed by atoms with van der Waals surface area (Å²) >= 11 is 8.36. The Hall–Kier alpha value is -5.61. The van der Waals surface area contributed by atoms with Crippen LogP contribution in [0.25, 0.3) is 10.8 Å². The Bertz CT molecular complexity index is 3180. The lowest BCUT2D eigenvalue weighted by Gasteiger charge is -2.39. The Balaban J connectivity index is 1.10. The molecule has 0 aromatic heterocycles. The first kappa shape index (κ1) is 60.5. The predicted molar refractivity (Wildman–Crippen MR) is 313 cm³/mol. The number of alkyl halides is 1. The van der Waals surface area contributed by atoms with E-state index < -0.39 is 98.8 Å². The van der Waals surface area contributed by atoms with E-state index in [1.165, 1.54) is 20.1 Å². The third-order valence-corrected chi connectivity index (χ3v) is 18.6. The molecule has 2 fully saturated rings. The standard InChI is InChI=1S/C60H76ClIN6O12/c1-30(2)29-66-24-20-60(21-25-66)64-48-45-46-53(74)37(9)56-47(45)57(76)59(11,80-56)78-26-19-41(62)34(6)55(36(8)52(73)35(7)51(72)31(3)13-12-14-32(4)58(77)63-50(54(46)75)49(48)65-60)79-44(71)28-43(70)67-22-17-40(18-23-67)68(38(10)69)42-16-15-39(61)27-33(42)5/h12-16,19,26-27,30-31,34-36,40-41,51-52,55,72-75H,17-18,20-25,28-29H2,1-11H3,(H,63,77)/b13-12+,26-19+,32-14-/t31-,34+,35+,36+,41-,51-,52+,55+,59-/m0/s1. The molecule has 20 heteroatoms. The summed E-state index contributed by atoms with van der Waals surface area (Å²) in [6.45, 7) is 22.1. The number of likely N-dealkylation sites (tertiary alicyclic amines) is 2. The first-order valence-electron chi connectivity index (χ1n) is 27.7. The number of carbonyl (C=O) groups is 5. The number of phenolic OH excluding ortho intramolecular Hbond substituents is 2. The van der Waals surface area contributed by atoms with Crippen LogP contribution in [0.1, 0.15) is 116 Å². The number of hydrogen-bond donors (Lipinski definition) is 5. The van der Waals surface area contributed by atoms with Gasteiger partial charge in [-0.25, -0.2) is 0 Å². The van der Waals surface area contributed by atoms with Gasteiger partial charge >= 0.3 is 11.8 Å². The molecule has 1 spiro atoms. The number of anilines is 2. The number of benzene rings is 3. The lowest BCUT2D eigenvalue weighted by Crippen LogP contribution is -2.49. The Kier molecular flexibility index (Phi) is 18.2. The Morgan fingerprint density at radius 2 is 1.59 bits per heavy atom. The normalized spacial score (nSPS) is 29.0. The minimum Gasteiger partial charge on any atom is -0.507 e. The van der Waals surface area contributed by atoms with Crippen molar-refractivity contribution in [2.45, 2.75) is 148 Å². The second kappa shape index (κ2) is 24.1. The molecule has 2 saturated heterocycles. The number of nitrogens with zero attached hydrogens (tertiary/aromatic N) is 5. The van der Waals surface area contributed by atoms with Gasteiger partial charge in [0.15, 0.2) is 11.4 Å². The van der Waals surface area contributed by atoms with Crippen LogP contribution in [0.2, 0.25) is 5.02 Å². The molecular weight excluding hydrogens is 1160 g/mol. The fraction of sp³-hybridized carbons (Fsp3) is 0.550. The van der Waals surface area contributed by atoms with E-state index in [2.05, 4.69) is 46.7 Å². The van der Waals surface area contributed by atoms with Crippen molar-refractivity contribution in [1.29, 1.82) is 0 Å². The third-order valence-electron chi connectivity index (χ3n) is 16.8. The molecule has 6 heterocycles. The summed E-state index contributed by atoms with van der Waals surface area (Å²) in [7, 11) is 0. The number of allylic oxidation sites excluding steroid dienone is 3. The molecule has 6 aliphatic heterocycles. The number of nitrogens with one attached hydrogen (secondary N) is 1. The van der Waals surface area contributed by atoms with Crippen LogP contribution in [0.5, 0.6) is 17.2 Å². The molecule has 6 aliphatic rings. The molecule has 0 radical (unpaired) electrons.